The van der Waals surface area contributed by atoms with Crippen molar-refractivity contribution in [2.45, 2.75) is 12.7 Å². The molecule has 0 aliphatic heterocycles. The first-order valence-electron chi connectivity index (χ1n) is 10.3. The highest BCUT2D eigenvalue weighted by Gasteiger charge is 2.25. The number of benzene rings is 2. The summed E-state index contributed by atoms with van der Waals surface area (Å²) in [6.45, 7) is 1.85. The number of ether oxygens (including phenoxy) is 1. The van der Waals surface area contributed by atoms with Gasteiger partial charge in [-0.15, -0.1) is 11.3 Å². The molecule has 34 heavy (non-hydrogen) atoms. The second-order valence-electron chi connectivity index (χ2n) is 7.17. The van der Waals surface area contributed by atoms with Crippen molar-refractivity contribution in [3.05, 3.63) is 80.9 Å². The molecule has 0 aliphatic carbocycles. The third-order valence-electron chi connectivity index (χ3n) is 4.98. The number of fused-ring (bicyclic) bond motifs is 1. The van der Waals surface area contributed by atoms with Crippen LogP contribution in [0.4, 0.5) is 11.4 Å². The fourth-order valence-corrected chi connectivity index (χ4v) is 5.08. The Morgan fingerprint density at radius 2 is 1.97 bits per heavy atom. The van der Waals surface area contributed by atoms with Crippen molar-refractivity contribution in [2.75, 3.05) is 18.2 Å². The molecule has 4 rings (SSSR count). The molecule has 1 N–H and O–H groups in total. The number of carbonyl (C=O) groups is 2. The highest BCUT2D eigenvalue weighted by atomic mass is 32.2. The lowest BCUT2D eigenvalue weighted by Crippen LogP contribution is -2.15. The van der Waals surface area contributed by atoms with Crippen molar-refractivity contribution in [2.24, 2.45) is 0 Å². The summed E-state index contributed by atoms with van der Waals surface area (Å²) in [6.07, 6.45) is 1.94. The van der Waals surface area contributed by atoms with Gasteiger partial charge in [0, 0.05) is 33.7 Å². The van der Waals surface area contributed by atoms with Crippen molar-refractivity contribution in [1.82, 2.24) is 0 Å². The van der Waals surface area contributed by atoms with E-state index < -0.39 is 16.8 Å². The molecule has 0 radical (unpaired) electrons. The molecular weight excluding hydrogens is 476 g/mol. The number of non-ortho nitro benzene ring substituents is 1. The predicted molar refractivity (Wildman–Crippen MR) is 134 cm³/mol. The summed E-state index contributed by atoms with van der Waals surface area (Å²) in [5.41, 5.74) is 2.11. The summed E-state index contributed by atoms with van der Waals surface area (Å²) in [6, 6.07) is 15.1. The molecule has 2 heterocycles. The van der Waals surface area contributed by atoms with E-state index in [9.17, 15) is 19.7 Å². The largest absolute Gasteiger partial charge is 0.462 e. The third kappa shape index (κ3) is 4.68. The zero-order chi connectivity index (χ0) is 24.2. The number of thioether (sulfide) groups is 1. The number of anilines is 1. The van der Waals surface area contributed by atoms with Gasteiger partial charge < -0.3 is 14.5 Å². The first kappa shape index (κ1) is 23.5. The third-order valence-corrected chi connectivity index (χ3v) is 6.72. The Kier molecular flexibility index (Phi) is 6.99. The van der Waals surface area contributed by atoms with Crippen LogP contribution in [0.5, 0.6) is 0 Å². The zero-order valence-electron chi connectivity index (χ0n) is 18.3. The maximum atomic E-state index is 13.3. The molecule has 0 saturated heterocycles. The average Bonchev–Trinajstić information content (AvgIpc) is 3.42. The lowest BCUT2D eigenvalue weighted by Gasteiger charge is -2.06. The van der Waals surface area contributed by atoms with E-state index in [1.807, 2.05) is 24.5 Å². The van der Waals surface area contributed by atoms with E-state index in [0.29, 0.717) is 21.8 Å². The number of nitrogens with zero attached hydrogens (tertiary/aromatic N) is 1. The van der Waals surface area contributed by atoms with Crippen molar-refractivity contribution in [3.63, 3.8) is 0 Å². The molecule has 1 amide bonds. The van der Waals surface area contributed by atoms with Crippen LogP contribution in [0.2, 0.25) is 0 Å². The summed E-state index contributed by atoms with van der Waals surface area (Å²) in [7, 11) is 0. The van der Waals surface area contributed by atoms with Crippen LogP contribution in [0, 0.1) is 10.1 Å². The first-order chi connectivity index (χ1) is 16.4. The number of hydrogen-bond acceptors (Lipinski definition) is 8. The fourth-order valence-electron chi connectivity index (χ4n) is 3.50. The van der Waals surface area contributed by atoms with E-state index in [-0.39, 0.29) is 28.6 Å². The van der Waals surface area contributed by atoms with Gasteiger partial charge in [-0.05, 0) is 30.9 Å². The summed E-state index contributed by atoms with van der Waals surface area (Å²) in [4.78, 5) is 37.3. The highest BCUT2D eigenvalue weighted by molar-refractivity contribution is 7.97. The first-order valence-corrected chi connectivity index (χ1v) is 12.5. The Morgan fingerprint density at radius 1 is 1.18 bits per heavy atom. The van der Waals surface area contributed by atoms with Crippen LogP contribution < -0.4 is 5.32 Å². The number of amides is 1. The Bertz CT molecular complexity index is 1390. The fraction of sp³-hybridized carbons (Fsp3) is 0.167. The zero-order valence-corrected chi connectivity index (χ0v) is 20.0. The van der Waals surface area contributed by atoms with Gasteiger partial charge >= 0.3 is 5.97 Å². The van der Waals surface area contributed by atoms with Crippen LogP contribution >= 0.6 is 23.1 Å². The number of nitro groups is 1. The number of nitro benzene ring substituents is 1. The Morgan fingerprint density at radius 3 is 2.71 bits per heavy atom. The van der Waals surface area contributed by atoms with Crippen LogP contribution in [0.15, 0.2) is 59.0 Å². The molecule has 0 bridgehead atoms. The Hall–Kier alpha value is -3.63. The second-order valence-corrected chi connectivity index (χ2v) is 9.09. The monoisotopic (exact) mass is 496 g/mol. The number of nitrogens with one attached hydrogen (secondary N) is 1. The number of para-hydroxylation sites is 1. The Labute approximate surface area is 203 Å². The average molecular weight is 497 g/mol. The molecule has 0 aliphatic rings. The van der Waals surface area contributed by atoms with Crippen molar-refractivity contribution in [1.29, 1.82) is 0 Å². The molecule has 4 aromatic rings. The molecule has 0 spiro atoms. The number of esters is 1. The minimum atomic E-state index is -0.589. The number of hydrogen-bond donors (Lipinski definition) is 1. The molecule has 174 valence electrons. The normalized spacial score (nSPS) is 10.9. The minimum Gasteiger partial charge on any atom is -0.462 e. The molecule has 8 nitrogen and oxygen atoms in total. The maximum Gasteiger partial charge on any atom is 0.350 e. The molecule has 10 heteroatoms. The standard InChI is InChI=1S/C24H20N2O6S2/c1-3-31-24(28)22-18(12-20(34-22)14-7-6-8-15(11-14)26(29)30)25-23(27)21-17(13-33-2)16-9-4-5-10-19(16)32-21/h4-12H,3,13H2,1-2H3,(H,25,27). The van der Waals surface area contributed by atoms with Gasteiger partial charge in [0.1, 0.15) is 10.5 Å². The van der Waals surface area contributed by atoms with Crippen molar-refractivity contribution in [3.8, 4) is 10.4 Å². The molecule has 0 unspecified atom stereocenters. The second kappa shape index (κ2) is 10.1. The molecule has 0 atom stereocenters. The summed E-state index contributed by atoms with van der Waals surface area (Å²) < 4.78 is 11.0. The highest BCUT2D eigenvalue weighted by Crippen LogP contribution is 2.37. The predicted octanol–water partition coefficient (Wildman–Crippen LogP) is 6.36. The number of thiophene rings is 1. The molecule has 0 saturated carbocycles. The molecular formula is C24H20N2O6S2. The smallest absolute Gasteiger partial charge is 0.350 e. The number of carbonyl (C=O) groups excluding carboxylic acids is 2. The lowest BCUT2D eigenvalue weighted by atomic mass is 10.1. The van der Waals surface area contributed by atoms with Crippen LogP contribution in [0.3, 0.4) is 0 Å². The van der Waals surface area contributed by atoms with Gasteiger partial charge in [0.15, 0.2) is 5.76 Å². The van der Waals surface area contributed by atoms with Crippen LogP contribution in [0.25, 0.3) is 21.4 Å². The van der Waals surface area contributed by atoms with Crippen LogP contribution in [-0.4, -0.2) is 29.7 Å². The van der Waals surface area contributed by atoms with Crippen molar-refractivity contribution >= 4 is 57.3 Å². The summed E-state index contributed by atoms with van der Waals surface area (Å²) in [5, 5.41) is 14.8. The quantitative estimate of drug-likeness (QED) is 0.172. The number of furan rings is 1. The van der Waals surface area contributed by atoms with Crippen molar-refractivity contribution < 1.29 is 23.7 Å². The summed E-state index contributed by atoms with van der Waals surface area (Å²) >= 11 is 2.66. The molecule has 2 aromatic heterocycles. The van der Waals surface area contributed by atoms with Gasteiger partial charge in [0.25, 0.3) is 11.6 Å². The topological polar surface area (TPSA) is 112 Å². The summed E-state index contributed by atoms with van der Waals surface area (Å²) in [5.74, 6) is -0.330. The maximum absolute atomic E-state index is 13.3. The Balaban J connectivity index is 1.74. The van der Waals surface area contributed by atoms with Gasteiger partial charge in [-0.3, -0.25) is 14.9 Å². The van der Waals surface area contributed by atoms with E-state index >= 15 is 0 Å². The van der Waals surface area contributed by atoms with Gasteiger partial charge in [0.2, 0.25) is 0 Å². The van der Waals surface area contributed by atoms with Gasteiger partial charge in [-0.1, -0.05) is 30.3 Å². The van der Waals surface area contributed by atoms with Crippen LogP contribution in [0.1, 0.15) is 32.7 Å². The van der Waals surface area contributed by atoms with E-state index in [2.05, 4.69) is 5.32 Å². The van der Waals surface area contributed by atoms with E-state index in [4.69, 9.17) is 9.15 Å². The molecule has 2 aromatic carbocycles. The van der Waals surface area contributed by atoms with E-state index in [0.717, 1.165) is 22.3 Å². The van der Waals surface area contributed by atoms with Gasteiger partial charge in [-0.25, -0.2) is 4.79 Å². The van der Waals surface area contributed by atoms with Crippen LogP contribution in [-0.2, 0) is 10.5 Å². The van der Waals surface area contributed by atoms with Gasteiger partial charge in [0.05, 0.1) is 17.2 Å². The van der Waals surface area contributed by atoms with E-state index in [1.165, 1.54) is 12.1 Å². The van der Waals surface area contributed by atoms with Gasteiger partial charge in [-0.2, -0.15) is 11.8 Å². The lowest BCUT2D eigenvalue weighted by molar-refractivity contribution is -0.384. The van der Waals surface area contributed by atoms with E-state index in [1.54, 1.807) is 43.0 Å². The molecule has 0 fully saturated rings. The SMILES string of the molecule is CCOC(=O)c1sc(-c2cccc([N+](=O)[O-])c2)cc1NC(=O)c1oc2ccccc2c1CSC. The minimum absolute atomic E-state index is 0.0712. The number of rotatable bonds is 8.